The van der Waals surface area contributed by atoms with Gasteiger partial charge in [0.25, 0.3) is 0 Å². The Morgan fingerprint density at radius 1 is 1.53 bits per heavy atom. The van der Waals surface area contributed by atoms with Gasteiger partial charge in [0, 0.05) is 19.1 Å². The molecule has 1 aliphatic heterocycles. The van der Waals surface area contributed by atoms with Crippen molar-refractivity contribution in [3.8, 4) is 0 Å². The Balaban J connectivity index is 3.00. The van der Waals surface area contributed by atoms with E-state index in [4.69, 9.17) is 0 Å². The topological polar surface area (TPSA) is 55.4 Å². The largest absolute Gasteiger partial charge is 0.530 e. The molecule has 1 aliphatic rings. The summed E-state index contributed by atoms with van der Waals surface area (Å²) in [6.07, 6.45) is -1.07. The molecular formula is C11H21N2O2-. The van der Waals surface area contributed by atoms with Gasteiger partial charge in [-0.25, -0.2) is 0 Å². The van der Waals surface area contributed by atoms with Crippen LogP contribution >= 0.6 is 0 Å². The van der Waals surface area contributed by atoms with Crippen LogP contribution in [0.1, 0.15) is 34.6 Å². The molecule has 1 fully saturated rings. The first kappa shape index (κ1) is 12.3. The second kappa shape index (κ2) is 3.67. The number of carbonyl (C=O) groups is 1. The highest BCUT2D eigenvalue weighted by molar-refractivity contribution is 5.64. The molecule has 15 heavy (non-hydrogen) atoms. The van der Waals surface area contributed by atoms with Crippen LogP contribution in [0.5, 0.6) is 0 Å². The number of nitrogens with one attached hydrogen (secondary N) is 1. The molecule has 0 spiro atoms. The summed E-state index contributed by atoms with van der Waals surface area (Å²) in [6.45, 7) is 11.3. The van der Waals surface area contributed by atoms with Crippen molar-refractivity contribution in [1.29, 1.82) is 0 Å². The van der Waals surface area contributed by atoms with E-state index in [1.54, 1.807) is 0 Å². The number of hydrogen-bond donors (Lipinski definition) is 1. The van der Waals surface area contributed by atoms with Gasteiger partial charge in [0.15, 0.2) is 0 Å². The van der Waals surface area contributed by atoms with Gasteiger partial charge in [0.1, 0.15) is 6.09 Å². The number of piperazine rings is 1. The second-order valence-corrected chi connectivity index (χ2v) is 5.68. The molecule has 1 amide bonds. The second-order valence-electron chi connectivity index (χ2n) is 5.68. The van der Waals surface area contributed by atoms with Gasteiger partial charge in [-0.3, -0.25) is 0 Å². The monoisotopic (exact) mass is 213 g/mol. The number of rotatable bonds is 0. The SMILES string of the molecule is CC1CN(C(=O)[O-])C(C)(C(C)(C)C)CN1. The number of carbonyl (C=O) groups excluding carboxylic acids is 1. The van der Waals surface area contributed by atoms with Crippen molar-refractivity contribution in [3.63, 3.8) is 0 Å². The molecule has 0 radical (unpaired) electrons. The molecule has 0 saturated carbocycles. The van der Waals surface area contributed by atoms with Crippen molar-refractivity contribution >= 4 is 6.09 Å². The van der Waals surface area contributed by atoms with Gasteiger partial charge in [-0.1, -0.05) is 20.8 Å². The number of nitrogens with zero attached hydrogens (tertiary/aromatic N) is 1. The van der Waals surface area contributed by atoms with Gasteiger partial charge in [-0.2, -0.15) is 0 Å². The van der Waals surface area contributed by atoms with Crippen LogP contribution in [0.25, 0.3) is 0 Å². The van der Waals surface area contributed by atoms with Crippen LogP contribution in [0, 0.1) is 5.41 Å². The van der Waals surface area contributed by atoms with E-state index in [2.05, 4.69) is 26.1 Å². The Labute approximate surface area is 91.6 Å². The Kier molecular flexibility index (Phi) is 3.01. The van der Waals surface area contributed by atoms with Gasteiger partial charge >= 0.3 is 0 Å². The van der Waals surface area contributed by atoms with E-state index in [1.165, 1.54) is 4.90 Å². The number of hydrogen-bond acceptors (Lipinski definition) is 3. The first-order chi connectivity index (χ1) is 6.68. The summed E-state index contributed by atoms with van der Waals surface area (Å²) in [7, 11) is 0. The van der Waals surface area contributed by atoms with Crippen molar-refractivity contribution in [1.82, 2.24) is 10.2 Å². The average molecular weight is 213 g/mol. The maximum Gasteiger partial charge on any atom is 0.137 e. The van der Waals surface area contributed by atoms with Crippen molar-refractivity contribution in [2.24, 2.45) is 5.41 Å². The van der Waals surface area contributed by atoms with E-state index < -0.39 is 11.6 Å². The summed E-state index contributed by atoms with van der Waals surface area (Å²) >= 11 is 0. The van der Waals surface area contributed by atoms with Gasteiger partial charge in [0.2, 0.25) is 0 Å². The molecule has 0 aliphatic carbocycles. The smallest absolute Gasteiger partial charge is 0.137 e. The van der Waals surface area contributed by atoms with Crippen LogP contribution in [-0.2, 0) is 0 Å². The number of carboxylic acid groups (broad SMARTS) is 1. The Bertz CT molecular complexity index is 260. The molecule has 0 aromatic heterocycles. The maximum atomic E-state index is 11.1. The van der Waals surface area contributed by atoms with Crippen molar-refractivity contribution in [3.05, 3.63) is 0 Å². The molecular weight excluding hydrogens is 192 g/mol. The lowest BCUT2D eigenvalue weighted by molar-refractivity contribution is -0.276. The highest BCUT2D eigenvalue weighted by Crippen LogP contribution is 2.36. The van der Waals surface area contributed by atoms with E-state index in [0.717, 1.165) is 0 Å². The third kappa shape index (κ3) is 2.09. The zero-order chi connectivity index (χ0) is 11.9. The third-order valence-corrected chi connectivity index (χ3v) is 3.68. The molecule has 4 nitrogen and oxygen atoms in total. The van der Waals surface area contributed by atoms with E-state index >= 15 is 0 Å². The van der Waals surface area contributed by atoms with Crippen LogP contribution in [0.2, 0.25) is 0 Å². The highest BCUT2D eigenvalue weighted by Gasteiger charge is 2.45. The Hall–Kier alpha value is -0.770. The molecule has 4 heteroatoms. The molecule has 88 valence electrons. The minimum atomic E-state index is -1.07. The first-order valence-electron chi connectivity index (χ1n) is 5.40. The fraction of sp³-hybridized carbons (Fsp3) is 0.909. The predicted octanol–water partition coefficient (Wildman–Crippen LogP) is 0.428. The van der Waals surface area contributed by atoms with Crippen LogP contribution in [-0.4, -0.2) is 35.7 Å². The lowest BCUT2D eigenvalue weighted by Gasteiger charge is -2.55. The van der Waals surface area contributed by atoms with Crippen molar-refractivity contribution in [2.45, 2.75) is 46.2 Å². The minimum Gasteiger partial charge on any atom is -0.530 e. The molecule has 0 aromatic carbocycles. The molecule has 1 saturated heterocycles. The summed E-state index contributed by atoms with van der Waals surface area (Å²) in [5.74, 6) is 0. The summed E-state index contributed by atoms with van der Waals surface area (Å²) < 4.78 is 0. The zero-order valence-corrected chi connectivity index (χ0v) is 10.3. The third-order valence-electron chi connectivity index (χ3n) is 3.68. The van der Waals surface area contributed by atoms with Crippen LogP contribution in [0.3, 0.4) is 0 Å². The molecule has 0 aromatic rings. The first-order valence-corrected chi connectivity index (χ1v) is 5.40. The standard InChI is InChI=1S/C11H22N2O2/c1-8-6-13(9(14)15)11(5,7-12-8)10(2,3)4/h8,12H,6-7H2,1-5H3,(H,14,15)/p-1. The normalized spacial score (nSPS) is 32.9. The van der Waals surface area contributed by atoms with E-state index in [1.807, 2.05) is 13.8 Å². The Morgan fingerprint density at radius 2 is 2.07 bits per heavy atom. The van der Waals surface area contributed by atoms with E-state index in [9.17, 15) is 9.90 Å². The highest BCUT2D eigenvalue weighted by atomic mass is 16.4. The average Bonchev–Trinajstić information content (AvgIpc) is 2.07. The molecule has 1 N–H and O–H groups in total. The quantitative estimate of drug-likeness (QED) is 0.635. The summed E-state index contributed by atoms with van der Waals surface area (Å²) in [4.78, 5) is 12.6. The lowest BCUT2D eigenvalue weighted by Crippen LogP contribution is -2.70. The molecule has 1 heterocycles. The summed E-state index contributed by atoms with van der Waals surface area (Å²) in [6, 6.07) is 0.193. The fourth-order valence-electron chi connectivity index (χ4n) is 1.95. The minimum absolute atomic E-state index is 0.111. The van der Waals surface area contributed by atoms with Gasteiger partial charge in [0.05, 0.1) is 5.54 Å². The van der Waals surface area contributed by atoms with Gasteiger partial charge in [-0.05, 0) is 19.3 Å². The summed E-state index contributed by atoms with van der Waals surface area (Å²) in [5.41, 5.74) is -0.515. The lowest BCUT2D eigenvalue weighted by atomic mass is 9.72. The van der Waals surface area contributed by atoms with Crippen molar-refractivity contribution in [2.75, 3.05) is 13.1 Å². The van der Waals surface area contributed by atoms with Crippen molar-refractivity contribution < 1.29 is 9.90 Å². The van der Waals surface area contributed by atoms with E-state index in [-0.39, 0.29) is 11.5 Å². The molecule has 1 rings (SSSR count). The van der Waals surface area contributed by atoms with Crippen LogP contribution in [0.15, 0.2) is 0 Å². The predicted molar refractivity (Wildman–Crippen MR) is 57.4 cm³/mol. The van der Waals surface area contributed by atoms with Crippen LogP contribution < -0.4 is 10.4 Å². The summed E-state index contributed by atoms with van der Waals surface area (Å²) in [5, 5.41) is 14.5. The van der Waals surface area contributed by atoms with Crippen LogP contribution in [0.4, 0.5) is 4.79 Å². The molecule has 2 atom stereocenters. The van der Waals surface area contributed by atoms with E-state index in [0.29, 0.717) is 13.1 Å². The zero-order valence-electron chi connectivity index (χ0n) is 10.3. The molecule has 0 bridgehead atoms. The molecule has 2 unspecified atom stereocenters. The Morgan fingerprint density at radius 3 is 2.47 bits per heavy atom. The number of amides is 1. The van der Waals surface area contributed by atoms with Gasteiger partial charge < -0.3 is 20.1 Å². The maximum absolute atomic E-state index is 11.1. The van der Waals surface area contributed by atoms with Gasteiger partial charge in [-0.15, -0.1) is 0 Å². The fourth-order valence-corrected chi connectivity index (χ4v) is 1.95.